The van der Waals surface area contributed by atoms with Crippen LogP contribution in [-0.4, -0.2) is 19.0 Å². The number of carbonyl (C=O) groups is 1. The fraction of sp³-hybridized carbons (Fsp3) is 0.235. The quantitative estimate of drug-likeness (QED) is 0.836. The van der Waals surface area contributed by atoms with Gasteiger partial charge < -0.3 is 15.8 Å². The van der Waals surface area contributed by atoms with Crippen LogP contribution in [0.15, 0.2) is 54.6 Å². The summed E-state index contributed by atoms with van der Waals surface area (Å²) in [6.07, 6.45) is 0.624. The van der Waals surface area contributed by atoms with Crippen molar-refractivity contribution in [1.29, 1.82) is 0 Å². The van der Waals surface area contributed by atoms with Crippen LogP contribution < -0.4 is 15.8 Å². The SMILES string of the molecule is CNC(=O)[C@@H]([NH3+])Cc1ccc(OCc2ccccc2)cc1. The van der Waals surface area contributed by atoms with Crippen molar-refractivity contribution in [3.63, 3.8) is 0 Å². The third kappa shape index (κ3) is 4.61. The topological polar surface area (TPSA) is 66.0 Å². The number of carbonyl (C=O) groups excluding carboxylic acids is 1. The van der Waals surface area contributed by atoms with E-state index in [2.05, 4.69) is 11.1 Å². The van der Waals surface area contributed by atoms with Crippen LogP contribution in [-0.2, 0) is 17.8 Å². The van der Waals surface area contributed by atoms with Crippen LogP contribution in [0.3, 0.4) is 0 Å². The molecule has 21 heavy (non-hydrogen) atoms. The molecule has 0 unspecified atom stereocenters. The monoisotopic (exact) mass is 285 g/mol. The van der Waals surface area contributed by atoms with Crippen LogP contribution in [0.5, 0.6) is 5.75 Å². The Labute approximate surface area is 124 Å². The lowest BCUT2D eigenvalue weighted by Gasteiger charge is -2.09. The number of hydrogen-bond acceptors (Lipinski definition) is 2. The lowest BCUT2D eigenvalue weighted by atomic mass is 10.1. The van der Waals surface area contributed by atoms with Gasteiger partial charge in [-0.05, 0) is 23.3 Å². The van der Waals surface area contributed by atoms with Gasteiger partial charge in [-0.2, -0.15) is 0 Å². The van der Waals surface area contributed by atoms with Crippen molar-refractivity contribution < 1.29 is 15.3 Å². The van der Waals surface area contributed by atoms with Gasteiger partial charge in [0.05, 0.1) is 0 Å². The summed E-state index contributed by atoms with van der Waals surface area (Å²) in [7, 11) is 1.63. The van der Waals surface area contributed by atoms with Crippen LogP contribution in [0.25, 0.3) is 0 Å². The van der Waals surface area contributed by atoms with Gasteiger partial charge in [-0.3, -0.25) is 4.79 Å². The molecule has 0 radical (unpaired) electrons. The lowest BCUT2D eigenvalue weighted by Crippen LogP contribution is -2.68. The zero-order valence-electron chi connectivity index (χ0n) is 12.2. The minimum atomic E-state index is -0.272. The zero-order chi connectivity index (χ0) is 15.1. The van der Waals surface area contributed by atoms with Crippen molar-refractivity contribution in [2.45, 2.75) is 19.1 Å². The van der Waals surface area contributed by atoms with Gasteiger partial charge in [0.2, 0.25) is 0 Å². The van der Waals surface area contributed by atoms with Crippen molar-refractivity contribution in [2.75, 3.05) is 7.05 Å². The molecule has 0 heterocycles. The Morgan fingerprint density at radius 3 is 2.38 bits per heavy atom. The minimum absolute atomic E-state index is 0.0422. The van der Waals surface area contributed by atoms with Gasteiger partial charge in [-0.25, -0.2) is 0 Å². The van der Waals surface area contributed by atoms with Crippen LogP contribution in [0.1, 0.15) is 11.1 Å². The Kier molecular flexibility index (Phi) is 5.35. The van der Waals surface area contributed by atoms with Crippen molar-refractivity contribution >= 4 is 5.91 Å². The fourth-order valence-electron chi connectivity index (χ4n) is 2.04. The molecule has 0 aliphatic carbocycles. The second-order valence-electron chi connectivity index (χ2n) is 4.93. The van der Waals surface area contributed by atoms with Gasteiger partial charge in [0.1, 0.15) is 12.4 Å². The average Bonchev–Trinajstić information content (AvgIpc) is 2.54. The van der Waals surface area contributed by atoms with E-state index in [1.807, 2.05) is 54.6 Å². The van der Waals surface area contributed by atoms with Gasteiger partial charge in [-0.15, -0.1) is 0 Å². The first-order chi connectivity index (χ1) is 10.2. The summed E-state index contributed by atoms with van der Waals surface area (Å²) in [4.78, 5) is 11.4. The summed E-state index contributed by atoms with van der Waals surface area (Å²) >= 11 is 0. The minimum Gasteiger partial charge on any atom is -0.489 e. The summed E-state index contributed by atoms with van der Waals surface area (Å²) in [5.74, 6) is 0.780. The smallest absolute Gasteiger partial charge is 0.278 e. The third-order valence-corrected chi connectivity index (χ3v) is 3.27. The van der Waals surface area contributed by atoms with Gasteiger partial charge in [0, 0.05) is 13.5 Å². The maximum Gasteiger partial charge on any atom is 0.278 e. The van der Waals surface area contributed by atoms with E-state index in [9.17, 15) is 4.79 Å². The Bertz CT molecular complexity index is 567. The Morgan fingerprint density at radius 2 is 1.76 bits per heavy atom. The standard InChI is InChI=1S/C17H20N2O2/c1-19-17(20)16(18)11-13-7-9-15(10-8-13)21-12-14-5-3-2-4-6-14/h2-10,16H,11-12,18H2,1H3,(H,19,20)/p+1/t16-/m0/s1. The maximum absolute atomic E-state index is 11.4. The number of benzene rings is 2. The summed E-state index contributed by atoms with van der Waals surface area (Å²) in [5, 5.41) is 2.61. The van der Waals surface area contributed by atoms with Crippen molar-refractivity contribution in [2.24, 2.45) is 0 Å². The largest absolute Gasteiger partial charge is 0.489 e. The number of likely N-dealkylation sites (N-methyl/N-ethyl adjacent to an activating group) is 1. The van der Waals surface area contributed by atoms with E-state index >= 15 is 0 Å². The third-order valence-electron chi connectivity index (χ3n) is 3.27. The molecule has 2 aromatic carbocycles. The molecule has 0 saturated heterocycles. The number of amides is 1. The Balaban J connectivity index is 1.88. The molecule has 0 aliphatic rings. The molecule has 0 fully saturated rings. The fourth-order valence-corrected chi connectivity index (χ4v) is 2.04. The highest BCUT2D eigenvalue weighted by Crippen LogP contribution is 2.15. The Hall–Kier alpha value is -2.33. The molecule has 1 amide bonds. The van der Waals surface area contributed by atoms with E-state index in [0.717, 1.165) is 16.9 Å². The molecule has 4 N–H and O–H groups in total. The van der Waals surface area contributed by atoms with Gasteiger partial charge in [0.25, 0.3) is 5.91 Å². The average molecular weight is 285 g/mol. The molecule has 0 spiro atoms. The molecule has 2 aromatic rings. The van der Waals surface area contributed by atoms with E-state index in [4.69, 9.17) is 4.74 Å². The zero-order valence-corrected chi connectivity index (χ0v) is 12.2. The Morgan fingerprint density at radius 1 is 1.10 bits per heavy atom. The van der Waals surface area contributed by atoms with Gasteiger partial charge >= 0.3 is 0 Å². The van der Waals surface area contributed by atoms with Gasteiger partial charge in [-0.1, -0.05) is 42.5 Å². The van der Waals surface area contributed by atoms with Crippen molar-refractivity contribution in [3.8, 4) is 5.75 Å². The van der Waals surface area contributed by atoms with Crippen LogP contribution in [0, 0.1) is 0 Å². The summed E-state index contributed by atoms with van der Waals surface area (Å²) in [6.45, 7) is 0.552. The van der Waals surface area contributed by atoms with E-state index in [1.54, 1.807) is 7.05 Å². The number of ether oxygens (including phenoxy) is 1. The summed E-state index contributed by atoms with van der Waals surface area (Å²) < 4.78 is 5.73. The molecule has 4 heteroatoms. The summed E-state index contributed by atoms with van der Waals surface area (Å²) in [6, 6.07) is 17.6. The molecular formula is C17H21N2O2+. The molecule has 0 aliphatic heterocycles. The lowest BCUT2D eigenvalue weighted by molar-refractivity contribution is -0.403. The van der Waals surface area contributed by atoms with Crippen LogP contribution >= 0.6 is 0 Å². The number of nitrogens with one attached hydrogen (secondary N) is 1. The molecule has 0 aromatic heterocycles. The van der Waals surface area contributed by atoms with Crippen molar-refractivity contribution in [3.05, 3.63) is 65.7 Å². The first-order valence-corrected chi connectivity index (χ1v) is 6.99. The highest BCUT2D eigenvalue weighted by atomic mass is 16.5. The molecule has 0 saturated carbocycles. The molecular weight excluding hydrogens is 264 g/mol. The van der Waals surface area contributed by atoms with Crippen molar-refractivity contribution in [1.82, 2.24) is 5.32 Å². The second kappa shape index (κ2) is 7.45. The highest BCUT2D eigenvalue weighted by Gasteiger charge is 2.15. The first kappa shape index (κ1) is 15.1. The highest BCUT2D eigenvalue weighted by molar-refractivity contribution is 5.80. The normalized spacial score (nSPS) is 11.7. The molecule has 1 atom stereocenters. The predicted molar refractivity (Wildman–Crippen MR) is 81.7 cm³/mol. The van der Waals surface area contributed by atoms with Crippen LogP contribution in [0.2, 0.25) is 0 Å². The molecule has 4 nitrogen and oxygen atoms in total. The van der Waals surface area contributed by atoms with E-state index in [0.29, 0.717) is 13.0 Å². The number of quaternary nitrogens is 1. The van der Waals surface area contributed by atoms with E-state index in [-0.39, 0.29) is 11.9 Å². The molecule has 110 valence electrons. The second-order valence-corrected chi connectivity index (χ2v) is 4.93. The first-order valence-electron chi connectivity index (χ1n) is 6.99. The molecule has 2 rings (SSSR count). The number of rotatable bonds is 6. The molecule has 0 bridgehead atoms. The van der Waals surface area contributed by atoms with Crippen LogP contribution in [0.4, 0.5) is 0 Å². The van der Waals surface area contributed by atoms with Gasteiger partial charge in [0.15, 0.2) is 6.04 Å². The number of hydrogen-bond donors (Lipinski definition) is 2. The van der Waals surface area contributed by atoms with E-state index < -0.39 is 0 Å². The predicted octanol–water partition coefficient (Wildman–Crippen LogP) is 1.16. The summed E-state index contributed by atoms with van der Waals surface area (Å²) in [5.41, 5.74) is 6.07. The maximum atomic E-state index is 11.4. The van der Waals surface area contributed by atoms with E-state index in [1.165, 1.54) is 0 Å².